The molecule has 0 radical (unpaired) electrons. The molecule has 0 bridgehead atoms. The van der Waals surface area contributed by atoms with E-state index in [0.717, 1.165) is 44.6 Å². The minimum atomic E-state index is -4.28. The van der Waals surface area contributed by atoms with E-state index in [1.54, 1.807) is 30.3 Å². The molecule has 1 aromatic heterocycles. The molecule has 1 saturated carbocycles. The Morgan fingerprint density at radius 3 is 2.56 bits per heavy atom. The first-order chi connectivity index (χ1) is 15.2. The summed E-state index contributed by atoms with van der Waals surface area (Å²) in [5.74, 6) is -0.216. The Morgan fingerprint density at radius 2 is 1.97 bits per heavy atom. The van der Waals surface area contributed by atoms with Crippen molar-refractivity contribution in [3.05, 3.63) is 52.7 Å². The lowest BCUT2D eigenvalue weighted by atomic mass is 9.56. The summed E-state index contributed by atoms with van der Waals surface area (Å²) >= 11 is 6.05. The molecule has 1 spiro atoms. The molecule has 1 aliphatic heterocycles. The molecule has 2 heterocycles. The number of aromatic nitrogens is 1. The van der Waals surface area contributed by atoms with Gasteiger partial charge in [-0.15, -0.1) is 0 Å². The van der Waals surface area contributed by atoms with Crippen LogP contribution in [0.2, 0.25) is 5.15 Å². The van der Waals surface area contributed by atoms with Crippen LogP contribution in [-0.4, -0.2) is 37.6 Å². The lowest BCUT2D eigenvalue weighted by Crippen LogP contribution is -2.48. The molecule has 2 aromatic rings. The van der Waals surface area contributed by atoms with Gasteiger partial charge in [-0.3, -0.25) is 4.79 Å². The number of methoxy groups -OCH3 is 1. The zero-order valence-electron chi connectivity index (χ0n) is 17.9. The molecule has 0 N–H and O–H groups in total. The summed E-state index contributed by atoms with van der Waals surface area (Å²) in [5, 5.41) is 0.192. The molecular weight excluding hydrogens is 441 g/mol. The summed E-state index contributed by atoms with van der Waals surface area (Å²) in [6.07, 6.45) is 0.0234. The molecule has 8 heteroatoms. The first-order valence-corrected chi connectivity index (χ1v) is 11.2. The van der Waals surface area contributed by atoms with Gasteiger partial charge in [-0.05, 0) is 73.3 Å². The van der Waals surface area contributed by atoms with Crippen LogP contribution < -0.4 is 9.64 Å². The minimum absolute atomic E-state index is 0.0684. The van der Waals surface area contributed by atoms with Crippen molar-refractivity contribution in [1.82, 2.24) is 4.98 Å². The third-order valence-corrected chi connectivity index (χ3v) is 7.34. The van der Waals surface area contributed by atoms with E-state index < -0.39 is 12.1 Å². The van der Waals surface area contributed by atoms with E-state index in [0.29, 0.717) is 17.6 Å². The van der Waals surface area contributed by atoms with Crippen LogP contribution in [0.15, 0.2) is 36.4 Å². The zero-order valence-corrected chi connectivity index (χ0v) is 18.6. The Labute approximate surface area is 190 Å². The fourth-order valence-electron chi connectivity index (χ4n) is 5.30. The first-order valence-electron chi connectivity index (χ1n) is 10.8. The largest absolute Gasteiger partial charge is 0.497 e. The number of anilines is 1. The standard InChI is InChI=1S/C24H26ClF3N2O2/c1-32-19-4-2-3-17(12-19)20(24(26,27)28)11-16-13-23(14-16)7-9-30(10-8-23)21-6-5-18(15-31)22(25)29-21/h2-6,12,15-16,20H,7-11,13-14H2,1H3. The number of nitrogens with zero attached hydrogens (tertiary/aromatic N) is 2. The molecular formula is C24H26ClF3N2O2. The fraction of sp³-hybridized carbons (Fsp3) is 0.500. The summed E-state index contributed by atoms with van der Waals surface area (Å²) in [5.41, 5.74) is 0.758. The number of pyridine rings is 1. The van der Waals surface area contributed by atoms with Gasteiger partial charge in [0.2, 0.25) is 0 Å². The number of aldehydes is 1. The van der Waals surface area contributed by atoms with E-state index in [-0.39, 0.29) is 28.5 Å². The number of carbonyl (C=O) groups is 1. The van der Waals surface area contributed by atoms with Gasteiger partial charge in [0.05, 0.1) is 18.6 Å². The maximum atomic E-state index is 13.8. The van der Waals surface area contributed by atoms with Crippen molar-refractivity contribution >= 4 is 23.7 Å². The fourth-order valence-corrected chi connectivity index (χ4v) is 5.49. The number of halogens is 4. The van der Waals surface area contributed by atoms with Crippen LogP contribution in [0, 0.1) is 11.3 Å². The second-order valence-corrected chi connectivity index (χ2v) is 9.39. The topological polar surface area (TPSA) is 42.4 Å². The quantitative estimate of drug-likeness (QED) is 0.370. The van der Waals surface area contributed by atoms with Gasteiger partial charge >= 0.3 is 6.18 Å². The van der Waals surface area contributed by atoms with Gasteiger partial charge in [0.1, 0.15) is 16.7 Å². The molecule has 1 unspecified atom stereocenters. The number of hydrogen-bond acceptors (Lipinski definition) is 4. The maximum Gasteiger partial charge on any atom is 0.395 e. The Balaban J connectivity index is 1.36. The van der Waals surface area contributed by atoms with E-state index in [9.17, 15) is 18.0 Å². The lowest BCUT2D eigenvalue weighted by molar-refractivity contribution is -0.159. The SMILES string of the molecule is COc1cccc(C(CC2CC3(CCN(c4ccc(C=O)c(Cl)n4)CC3)C2)C(F)(F)F)c1. The Hall–Kier alpha value is -2.28. The predicted molar refractivity (Wildman–Crippen MR) is 118 cm³/mol. The third kappa shape index (κ3) is 4.72. The summed E-state index contributed by atoms with van der Waals surface area (Å²) in [6.45, 7) is 1.57. The molecule has 4 nitrogen and oxygen atoms in total. The molecule has 1 aliphatic carbocycles. The van der Waals surface area contributed by atoms with Crippen LogP contribution in [0.25, 0.3) is 0 Å². The van der Waals surface area contributed by atoms with Crippen molar-refractivity contribution in [1.29, 1.82) is 0 Å². The van der Waals surface area contributed by atoms with Crippen LogP contribution in [-0.2, 0) is 0 Å². The Bertz CT molecular complexity index is 966. The van der Waals surface area contributed by atoms with Crippen LogP contribution >= 0.6 is 11.6 Å². The van der Waals surface area contributed by atoms with Crippen molar-refractivity contribution in [2.24, 2.45) is 11.3 Å². The minimum Gasteiger partial charge on any atom is -0.497 e. The molecule has 0 amide bonds. The molecule has 1 atom stereocenters. The number of ether oxygens (including phenoxy) is 1. The van der Waals surface area contributed by atoms with E-state index in [2.05, 4.69) is 9.88 Å². The molecule has 2 fully saturated rings. The molecule has 1 saturated heterocycles. The Kier molecular flexibility index (Phi) is 6.39. The normalized spacial score (nSPS) is 19.5. The van der Waals surface area contributed by atoms with Gasteiger partial charge in [0.25, 0.3) is 0 Å². The highest BCUT2D eigenvalue weighted by Gasteiger charge is 2.50. The van der Waals surface area contributed by atoms with Crippen LogP contribution in [0.4, 0.5) is 19.0 Å². The maximum absolute atomic E-state index is 13.8. The van der Waals surface area contributed by atoms with Crippen molar-refractivity contribution in [3.8, 4) is 5.75 Å². The van der Waals surface area contributed by atoms with Gasteiger partial charge in [0, 0.05) is 13.1 Å². The van der Waals surface area contributed by atoms with Crippen molar-refractivity contribution in [3.63, 3.8) is 0 Å². The highest BCUT2D eigenvalue weighted by molar-refractivity contribution is 6.31. The van der Waals surface area contributed by atoms with Crippen molar-refractivity contribution < 1.29 is 22.7 Å². The summed E-state index contributed by atoms with van der Waals surface area (Å²) in [7, 11) is 1.46. The zero-order chi connectivity index (χ0) is 22.9. The number of rotatable bonds is 6. The highest BCUT2D eigenvalue weighted by atomic mass is 35.5. The van der Waals surface area contributed by atoms with Crippen LogP contribution in [0.1, 0.15) is 53.9 Å². The predicted octanol–water partition coefficient (Wildman–Crippen LogP) is 6.29. The Morgan fingerprint density at radius 1 is 1.25 bits per heavy atom. The molecule has 4 rings (SSSR count). The number of benzene rings is 1. The van der Waals surface area contributed by atoms with Gasteiger partial charge < -0.3 is 9.64 Å². The first kappa shape index (κ1) is 22.9. The van der Waals surface area contributed by atoms with E-state index in [1.165, 1.54) is 13.2 Å². The van der Waals surface area contributed by atoms with Gasteiger partial charge in [-0.25, -0.2) is 4.98 Å². The van der Waals surface area contributed by atoms with Crippen LogP contribution in [0.5, 0.6) is 5.75 Å². The second-order valence-electron chi connectivity index (χ2n) is 9.04. The molecule has 1 aromatic carbocycles. The van der Waals surface area contributed by atoms with Gasteiger partial charge in [0.15, 0.2) is 6.29 Å². The van der Waals surface area contributed by atoms with Crippen molar-refractivity contribution in [2.45, 2.75) is 44.2 Å². The van der Waals surface area contributed by atoms with Gasteiger partial charge in [-0.2, -0.15) is 13.2 Å². The molecule has 172 valence electrons. The van der Waals surface area contributed by atoms with E-state index in [4.69, 9.17) is 16.3 Å². The smallest absolute Gasteiger partial charge is 0.395 e. The number of piperidine rings is 1. The number of carbonyl (C=O) groups excluding carboxylic acids is 1. The second kappa shape index (κ2) is 8.93. The highest BCUT2D eigenvalue weighted by Crippen LogP contribution is 2.56. The van der Waals surface area contributed by atoms with Gasteiger partial charge in [-0.1, -0.05) is 23.7 Å². The average molecular weight is 467 g/mol. The molecule has 2 aliphatic rings. The average Bonchev–Trinajstić information content (AvgIpc) is 2.75. The van der Waals surface area contributed by atoms with E-state index >= 15 is 0 Å². The number of alkyl halides is 3. The number of hydrogen-bond donors (Lipinski definition) is 0. The van der Waals surface area contributed by atoms with Crippen molar-refractivity contribution in [2.75, 3.05) is 25.1 Å². The monoisotopic (exact) mass is 466 g/mol. The molecule has 32 heavy (non-hydrogen) atoms. The van der Waals surface area contributed by atoms with E-state index in [1.807, 2.05) is 0 Å². The summed E-state index contributed by atoms with van der Waals surface area (Å²) < 4.78 is 46.6. The van der Waals surface area contributed by atoms with Crippen LogP contribution in [0.3, 0.4) is 0 Å². The summed E-state index contributed by atoms with van der Waals surface area (Å²) in [4.78, 5) is 17.4. The third-order valence-electron chi connectivity index (χ3n) is 7.04. The summed E-state index contributed by atoms with van der Waals surface area (Å²) in [6, 6.07) is 9.78. The lowest BCUT2D eigenvalue weighted by Gasteiger charge is -2.53.